The Bertz CT molecular complexity index is 1610. The summed E-state index contributed by atoms with van der Waals surface area (Å²) >= 11 is 0. The van der Waals surface area contributed by atoms with Gasteiger partial charge in [-0.15, -0.1) is 0 Å². The van der Waals surface area contributed by atoms with Crippen LogP contribution in [0, 0.1) is 17.7 Å². The maximum atomic E-state index is 15.3. The topological polar surface area (TPSA) is 111 Å². The number of allylic oxidation sites excluding steroid dienone is 1. The number of halogens is 1. The standard InChI is InChI=1S/C29H28FN7O2/c1-2-26(38)36-13-18-9-20(36)14-39-21-7-3-16(10-21)22-11-17(23(30)12-25(22)34-19-5-6-19)4-8-24-27-28(31)32-15-33-37(27)29(18)35-24/h2,11-12,14-16,18-19,21,34H,1,3,5-7,9-10,13H2,(H2,31,32,33)/b20-14+/t16?,18-,21?/m1/s1. The number of nitrogens with two attached hydrogens (primary N) is 1. The van der Waals surface area contributed by atoms with Gasteiger partial charge < -0.3 is 20.7 Å². The predicted molar refractivity (Wildman–Crippen MR) is 143 cm³/mol. The van der Waals surface area contributed by atoms with Crippen molar-refractivity contribution in [2.75, 3.05) is 17.6 Å². The number of aromatic nitrogens is 4. The second kappa shape index (κ2) is 9.12. The average Bonchev–Trinajstić information content (AvgIpc) is 3.31. The highest BCUT2D eigenvalue weighted by Gasteiger charge is 2.36. The fourth-order valence-corrected chi connectivity index (χ4v) is 5.96. The molecule has 0 radical (unpaired) electrons. The first-order valence-electron chi connectivity index (χ1n) is 13.4. The molecular weight excluding hydrogens is 497 g/mol. The number of amides is 1. The molecule has 198 valence electrons. The van der Waals surface area contributed by atoms with Gasteiger partial charge in [-0.2, -0.15) is 5.10 Å². The number of imidazole rings is 1. The first-order chi connectivity index (χ1) is 19.0. The Morgan fingerprint density at radius 3 is 2.92 bits per heavy atom. The summed E-state index contributed by atoms with van der Waals surface area (Å²) < 4.78 is 23.2. The van der Waals surface area contributed by atoms with Gasteiger partial charge in [-0.3, -0.25) is 4.79 Å². The fraction of sp³-hybridized carbons (Fsp3) is 0.379. The van der Waals surface area contributed by atoms with Crippen LogP contribution in [0.15, 0.2) is 43.1 Å². The van der Waals surface area contributed by atoms with E-state index in [4.69, 9.17) is 15.5 Å². The number of ether oxygens (including phenoxy) is 1. The quantitative estimate of drug-likeness (QED) is 0.395. The Kier molecular flexibility index (Phi) is 5.54. The van der Waals surface area contributed by atoms with Crippen LogP contribution in [0.1, 0.15) is 73.0 Å². The number of hydrogen-bond donors (Lipinski definition) is 2. The van der Waals surface area contributed by atoms with Crippen molar-refractivity contribution in [1.82, 2.24) is 24.5 Å². The van der Waals surface area contributed by atoms with Crippen LogP contribution < -0.4 is 11.1 Å². The summed E-state index contributed by atoms with van der Waals surface area (Å²) in [6.45, 7) is 4.06. The average molecular weight is 526 g/mol. The molecule has 2 aromatic heterocycles. The number of carbonyl (C=O) groups is 1. The second-order valence-electron chi connectivity index (χ2n) is 10.7. The summed E-state index contributed by atoms with van der Waals surface area (Å²) in [6, 6.07) is 3.83. The zero-order chi connectivity index (χ0) is 26.7. The van der Waals surface area contributed by atoms with Gasteiger partial charge in [-0.25, -0.2) is 18.9 Å². The zero-order valence-corrected chi connectivity index (χ0v) is 21.4. The molecule has 3 aromatic rings. The van der Waals surface area contributed by atoms with E-state index in [1.54, 1.807) is 21.7 Å². The van der Waals surface area contributed by atoms with Crippen LogP contribution in [0.3, 0.4) is 0 Å². The molecule has 2 unspecified atom stereocenters. The van der Waals surface area contributed by atoms with Crippen LogP contribution in [-0.2, 0) is 9.53 Å². The molecule has 2 saturated carbocycles. The van der Waals surface area contributed by atoms with Crippen molar-refractivity contribution in [2.45, 2.75) is 62.5 Å². The third-order valence-corrected chi connectivity index (χ3v) is 8.11. The summed E-state index contributed by atoms with van der Waals surface area (Å²) in [6.07, 6.45) is 9.69. The molecule has 8 bridgehead atoms. The van der Waals surface area contributed by atoms with E-state index in [0.717, 1.165) is 49.1 Å². The Labute approximate surface area is 224 Å². The number of benzene rings is 1. The van der Waals surface area contributed by atoms with Gasteiger partial charge in [0.05, 0.1) is 17.4 Å². The van der Waals surface area contributed by atoms with Crippen LogP contribution in [0.25, 0.3) is 5.52 Å². The highest BCUT2D eigenvalue weighted by Crippen LogP contribution is 2.42. The van der Waals surface area contributed by atoms with Crippen molar-refractivity contribution >= 4 is 22.9 Å². The van der Waals surface area contributed by atoms with Crippen molar-refractivity contribution < 1.29 is 13.9 Å². The molecule has 2 aliphatic carbocycles. The van der Waals surface area contributed by atoms with Gasteiger partial charge in [0.1, 0.15) is 35.4 Å². The van der Waals surface area contributed by atoms with Gasteiger partial charge in [0.15, 0.2) is 5.82 Å². The van der Waals surface area contributed by atoms with Crippen molar-refractivity contribution in [2.24, 2.45) is 0 Å². The first-order valence-corrected chi connectivity index (χ1v) is 13.4. The molecule has 3 atom stereocenters. The third kappa shape index (κ3) is 4.18. The minimum atomic E-state index is -0.378. The van der Waals surface area contributed by atoms with Crippen LogP contribution in [-0.4, -0.2) is 49.1 Å². The largest absolute Gasteiger partial charge is 0.496 e. The van der Waals surface area contributed by atoms with E-state index >= 15 is 4.39 Å². The van der Waals surface area contributed by atoms with E-state index in [1.165, 1.54) is 12.4 Å². The van der Waals surface area contributed by atoms with E-state index in [0.29, 0.717) is 41.6 Å². The van der Waals surface area contributed by atoms with Gasteiger partial charge in [0.2, 0.25) is 5.91 Å². The smallest absolute Gasteiger partial charge is 0.250 e. The van der Waals surface area contributed by atoms with Gasteiger partial charge in [-0.1, -0.05) is 12.5 Å². The summed E-state index contributed by atoms with van der Waals surface area (Å²) in [5, 5.41) is 7.90. The SMILES string of the molecule is C=CC(=O)N1C[C@H]2C/C1=C\OC1CCC(C1)c1cc(c(F)cc1NC1CC1)C#Cc1nc2n2ncnc(N)c12. The summed E-state index contributed by atoms with van der Waals surface area (Å²) in [5.74, 6) is 6.36. The van der Waals surface area contributed by atoms with E-state index in [2.05, 4.69) is 33.8 Å². The number of likely N-dealkylation sites (tertiary alicyclic amines) is 1. The van der Waals surface area contributed by atoms with Crippen molar-refractivity contribution in [1.29, 1.82) is 0 Å². The molecule has 2 aliphatic heterocycles. The molecule has 7 rings (SSSR count). The van der Waals surface area contributed by atoms with Gasteiger partial charge in [-0.05, 0) is 67.7 Å². The second-order valence-corrected chi connectivity index (χ2v) is 10.7. The molecule has 0 spiro atoms. The van der Waals surface area contributed by atoms with E-state index in [1.807, 2.05) is 6.07 Å². The van der Waals surface area contributed by atoms with E-state index in [-0.39, 0.29) is 35.5 Å². The lowest BCUT2D eigenvalue weighted by Gasteiger charge is -2.19. The van der Waals surface area contributed by atoms with Crippen molar-refractivity contribution in [3.8, 4) is 11.8 Å². The number of hydrogen-bond acceptors (Lipinski definition) is 7. The molecule has 9 nitrogen and oxygen atoms in total. The maximum Gasteiger partial charge on any atom is 0.250 e. The van der Waals surface area contributed by atoms with E-state index < -0.39 is 0 Å². The lowest BCUT2D eigenvalue weighted by molar-refractivity contribution is -0.123. The number of carbonyl (C=O) groups excluding carboxylic acids is 1. The van der Waals surface area contributed by atoms with Crippen molar-refractivity contribution in [3.05, 3.63) is 71.5 Å². The van der Waals surface area contributed by atoms with Crippen LogP contribution >= 0.6 is 0 Å². The molecule has 3 fully saturated rings. The number of nitrogens with zero attached hydrogens (tertiary/aromatic N) is 5. The molecular formula is C29H28FN7O2. The number of fused-ring (bicyclic) bond motifs is 13. The number of anilines is 2. The van der Waals surface area contributed by atoms with Gasteiger partial charge in [0.25, 0.3) is 0 Å². The number of nitrogen functional groups attached to an aromatic ring is 1. The van der Waals surface area contributed by atoms with Gasteiger partial charge >= 0.3 is 0 Å². The number of nitrogens with one attached hydrogen (secondary N) is 1. The third-order valence-electron chi connectivity index (χ3n) is 8.11. The predicted octanol–water partition coefficient (Wildman–Crippen LogP) is 3.83. The monoisotopic (exact) mass is 525 g/mol. The minimum absolute atomic E-state index is 0.00472. The Morgan fingerprint density at radius 2 is 2.10 bits per heavy atom. The first kappa shape index (κ1) is 23.7. The molecule has 10 heteroatoms. The van der Waals surface area contributed by atoms with Gasteiger partial charge in [0, 0.05) is 30.6 Å². The summed E-state index contributed by atoms with van der Waals surface area (Å²) in [7, 11) is 0. The molecule has 4 heterocycles. The Morgan fingerprint density at radius 1 is 1.23 bits per heavy atom. The fourth-order valence-electron chi connectivity index (χ4n) is 5.96. The normalized spacial score (nSPS) is 24.9. The van der Waals surface area contributed by atoms with Crippen LogP contribution in [0.2, 0.25) is 0 Å². The maximum absolute atomic E-state index is 15.3. The highest BCUT2D eigenvalue weighted by atomic mass is 19.1. The highest BCUT2D eigenvalue weighted by molar-refractivity contribution is 5.88. The molecule has 1 amide bonds. The molecule has 1 saturated heterocycles. The number of rotatable bonds is 3. The van der Waals surface area contributed by atoms with Crippen molar-refractivity contribution in [3.63, 3.8) is 0 Å². The van der Waals surface area contributed by atoms with Crippen LogP contribution in [0.4, 0.5) is 15.9 Å². The molecule has 1 aromatic carbocycles. The van der Waals surface area contributed by atoms with Crippen LogP contribution in [0.5, 0.6) is 0 Å². The summed E-state index contributed by atoms with van der Waals surface area (Å²) in [4.78, 5) is 23.4. The lowest BCUT2D eigenvalue weighted by atomic mass is 9.93. The molecule has 39 heavy (non-hydrogen) atoms. The Balaban J connectivity index is 1.40. The molecule has 3 N–H and O–H groups in total. The Hall–Kier alpha value is -4.39. The zero-order valence-electron chi connectivity index (χ0n) is 21.4. The lowest BCUT2D eigenvalue weighted by Crippen LogP contribution is -2.26. The summed E-state index contributed by atoms with van der Waals surface area (Å²) in [5.41, 5.74) is 10.0. The molecule has 4 aliphatic rings. The minimum Gasteiger partial charge on any atom is -0.496 e. The van der Waals surface area contributed by atoms with E-state index in [9.17, 15) is 4.79 Å².